The Bertz CT molecular complexity index is 174. The molecule has 0 spiro atoms. The van der Waals surface area contributed by atoms with E-state index >= 15 is 0 Å². The van der Waals surface area contributed by atoms with Gasteiger partial charge in [0.2, 0.25) is 0 Å². The number of hydrogen-bond donors (Lipinski definition) is 0. The number of nitrogens with zero attached hydrogens (tertiary/aromatic N) is 1. The molecule has 4 heteroatoms. The largest absolute Gasteiger partial charge is 0.469 e. The highest BCUT2D eigenvalue weighted by atomic mass is 16.5. The molecule has 0 rings (SSSR count). The molecule has 0 aliphatic carbocycles. The summed E-state index contributed by atoms with van der Waals surface area (Å²) in [4.78, 5) is 10.8. The molecule has 0 amide bonds. The molecule has 0 aliphatic rings. The number of nitriles is 1. The highest BCUT2D eigenvalue weighted by Crippen LogP contribution is 1.98. The lowest BCUT2D eigenvalue weighted by molar-refractivity contribution is -0.146. The van der Waals surface area contributed by atoms with E-state index in [9.17, 15) is 4.79 Å². The van der Waals surface area contributed by atoms with Crippen molar-refractivity contribution in [3.05, 3.63) is 0 Å². The zero-order valence-electron chi connectivity index (χ0n) is 7.37. The summed E-state index contributed by atoms with van der Waals surface area (Å²) in [6.07, 6.45) is 0.355. The molecule has 0 fully saturated rings. The lowest BCUT2D eigenvalue weighted by Crippen LogP contribution is -2.18. The van der Waals surface area contributed by atoms with Gasteiger partial charge in [-0.2, -0.15) is 5.26 Å². The molecule has 1 unspecified atom stereocenters. The molecule has 12 heavy (non-hydrogen) atoms. The summed E-state index contributed by atoms with van der Waals surface area (Å²) in [6, 6.07) is 1.94. The molecule has 68 valence electrons. The van der Waals surface area contributed by atoms with Crippen molar-refractivity contribution in [1.82, 2.24) is 0 Å². The smallest absolute Gasteiger partial charge is 0.310 e. The lowest BCUT2D eigenvalue weighted by atomic mass is 10.2. The van der Waals surface area contributed by atoms with Gasteiger partial charge < -0.3 is 9.47 Å². The standard InChI is InChI=1S/C8H13NO3/c1-7(8(10)11-2)6-12-5-3-4-9/h7H,3,5-6H2,1-2H3. The Kier molecular flexibility index (Phi) is 6.02. The third-order valence-electron chi connectivity index (χ3n) is 1.33. The van der Waals surface area contributed by atoms with Gasteiger partial charge in [-0.1, -0.05) is 0 Å². The third kappa shape index (κ3) is 4.69. The van der Waals surface area contributed by atoms with Crippen molar-refractivity contribution >= 4 is 5.97 Å². The highest BCUT2D eigenvalue weighted by molar-refractivity contribution is 5.71. The van der Waals surface area contributed by atoms with E-state index in [0.717, 1.165) is 0 Å². The SMILES string of the molecule is COC(=O)C(C)COCCC#N. The van der Waals surface area contributed by atoms with E-state index < -0.39 is 0 Å². The van der Waals surface area contributed by atoms with Crippen LogP contribution in [-0.2, 0) is 14.3 Å². The molecular formula is C8H13NO3. The van der Waals surface area contributed by atoms with Gasteiger partial charge in [0.05, 0.1) is 38.7 Å². The fourth-order valence-corrected chi connectivity index (χ4v) is 0.647. The summed E-state index contributed by atoms with van der Waals surface area (Å²) in [5.74, 6) is -0.541. The topological polar surface area (TPSA) is 59.3 Å². The molecule has 0 heterocycles. The summed E-state index contributed by atoms with van der Waals surface area (Å²) >= 11 is 0. The predicted molar refractivity (Wildman–Crippen MR) is 42.2 cm³/mol. The summed E-state index contributed by atoms with van der Waals surface area (Å²) < 4.78 is 9.52. The Labute approximate surface area is 72.1 Å². The first-order chi connectivity index (χ1) is 5.72. The molecule has 0 saturated heterocycles. The van der Waals surface area contributed by atoms with Gasteiger partial charge in [0.25, 0.3) is 0 Å². The molecule has 1 atom stereocenters. The lowest BCUT2D eigenvalue weighted by Gasteiger charge is -2.08. The van der Waals surface area contributed by atoms with Crippen LogP contribution < -0.4 is 0 Å². The van der Waals surface area contributed by atoms with Gasteiger partial charge in [0, 0.05) is 0 Å². The van der Waals surface area contributed by atoms with Crippen molar-refractivity contribution in [1.29, 1.82) is 5.26 Å². The fourth-order valence-electron chi connectivity index (χ4n) is 0.647. The maximum absolute atomic E-state index is 10.8. The number of carbonyl (C=O) groups excluding carboxylic acids is 1. The number of ether oxygens (including phenoxy) is 2. The molecule has 0 N–H and O–H groups in total. The van der Waals surface area contributed by atoms with Crippen LogP contribution in [-0.4, -0.2) is 26.3 Å². The van der Waals surface area contributed by atoms with Crippen molar-refractivity contribution in [3.8, 4) is 6.07 Å². The van der Waals surface area contributed by atoms with E-state index in [0.29, 0.717) is 19.6 Å². The van der Waals surface area contributed by atoms with E-state index in [1.165, 1.54) is 7.11 Å². The number of esters is 1. The molecule has 4 nitrogen and oxygen atoms in total. The van der Waals surface area contributed by atoms with Crippen LogP contribution in [0, 0.1) is 17.2 Å². The van der Waals surface area contributed by atoms with Crippen LogP contribution in [0.1, 0.15) is 13.3 Å². The van der Waals surface area contributed by atoms with Crippen molar-refractivity contribution in [2.75, 3.05) is 20.3 Å². The van der Waals surface area contributed by atoms with Gasteiger partial charge in [0.15, 0.2) is 0 Å². The van der Waals surface area contributed by atoms with Gasteiger partial charge in [-0.15, -0.1) is 0 Å². The normalized spacial score (nSPS) is 11.8. The number of hydrogen-bond acceptors (Lipinski definition) is 4. The Morgan fingerprint density at radius 2 is 2.33 bits per heavy atom. The number of rotatable bonds is 5. The van der Waals surface area contributed by atoms with E-state index in [1.54, 1.807) is 6.92 Å². The average molecular weight is 171 g/mol. The van der Waals surface area contributed by atoms with Crippen LogP contribution in [0.25, 0.3) is 0 Å². The van der Waals surface area contributed by atoms with Gasteiger partial charge in [0.1, 0.15) is 0 Å². The Morgan fingerprint density at radius 1 is 1.67 bits per heavy atom. The molecule has 0 radical (unpaired) electrons. The maximum Gasteiger partial charge on any atom is 0.310 e. The van der Waals surface area contributed by atoms with E-state index in [1.807, 2.05) is 6.07 Å². The van der Waals surface area contributed by atoms with Gasteiger partial charge in [-0.05, 0) is 6.92 Å². The minimum Gasteiger partial charge on any atom is -0.469 e. The Balaban J connectivity index is 3.38. The monoisotopic (exact) mass is 171 g/mol. The van der Waals surface area contributed by atoms with E-state index in [-0.39, 0.29) is 11.9 Å². The van der Waals surface area contributed by atoms with Gasteiger partial charge in [-0.25, -0.2) is 0 Å². The second kappa shape index (κ2) is 6.62. The van der Waals surface area contributed by atoms with Crippen molar-refractivity contribution in [2.45, 2.75) is 13.3 Å². The van der Waals surface area contributed by atoms with Crippen LogP contribution in [0.3, 0.4) is 0 Å². The van der Waals surface area contributed by atoms with Crippen LogP contribution in [0.4, 0.5) is 0 Å². The van der Waals surface area contributed by atoms with Gasteiger partial charge in [-0.3, -0.25) is 4.79 Å². The van der Waals surface area contributed by atoms with Gasteiger partial charge >= 0.3 is 5.97 Å². The zero-order chi connectivity index (χ0) is 9.40. The first-order valence-electron chi connectivity index (χ1n) is 3.75. The average Bonchev–Trinajstić information content (AvgIpc) is 2.10. The number of carbonyl (C=O) groups is 1. The van der Waals surface area contributed by atoms with Crippen molar-refractivity contribution in [3.63, 3.8) is 0 Å². The first-order valence-corrected chi connectivity index (χ1v) is 3.75. The molecule has 0 saturated carbocycles. The van der Waals surface area contributed by atoms with Crippen molar-refractivity contribution < 1.29 is 14.3 Å². The minimum absolute atomic E-state index is 0.256. The maximum atomic E-state index is 10.8. The second-order valence-electron chi connectivity index (χ2n) is 2.41. The minimum atomic E-state index is -0.285. The summed E-state index contributed by atoms with van der Waals surface area (Å²) in [5.41, 5.74) is 0. The summed E-state index contributed by atoms with van der Waals surface area (Å²) in [5, 5.41) is 8.17. The number of methoxy groups -OCH3 is 1. The quantitative estimate of drug-likeness (QED) is 0.452. The summed E-state index contributed by atoms with van der Waals surface area (Å²) in [7, 11) is 1.34. The molecule has 0 aromatic heterocycles. The van der Waals surface area contributed by atoms with Crippen LogP contribution in [0.15, 0.2) is 0 Å². The van der Waals surface area contributed by atoms with Crippen LogP contribution in [0.2, 0.25) is 0 Å². The molecular weight excluding hydrogens is 158 g/mol. The molecule has 0 aromatic rings. The molecule has 0 aliphatic heterocycles. The van der Waals surface area contributed by atoms with E-state index in [4.69, 9.17) is 10.00 Å². The van der Waals surface area contributed by atoms with Crippen LogP contribution in [0.5, 0.6) is 0 Å². The highest BCUT2D eigenvalue weighted by Gasteiger charge is 2.12. The Morgan fingerprint density at radius 3 is 2.83 bits per heavy atom. The molecule has 0 bridgehead atoms. The zero-order valence-corrected chi connectivity index (χ0v) is 7.37. The third-order valence-corrected chi connectivity index (χ3v) is 1.33. The van der Waals surface area contributed by atoms with Crippen LogP contribution >= 0.6 is 0 Å². The second-order valence-corrected chi connectivity index (χ2v) is 2.41. The van der Waals surface area contributed by atoms with Crippen molar-refractivity contribution in [2.24, 2.45) is 5.92 Å². The first kappa shape index (κ1) is 10.9. The van der Waals surface area contributed by atoms with E-state index in [2.05, 4.69) is 4.74 Å². The Hall–Kier alpha value is -1.08. The predicted octanol–water partition coefficient (Wildman–Crippen LogP) is 0.726. The summed E-state index contributed by atoms with van der Waals surface area (Å²) in [6.45, 7) is 2.41. The molecule has 0 aromatic carbocycles. The fraction of sp³-hybridized carbons (Fsp3) is 0.750.